The maximum Gasteiger partial charge on any atom is 0.289 e. The van der Waals surface area contributed by atoms with Gasteiger partial charge in [0.25, 0.3) is 5.69 Å². The van der Waals surface area contributed by atoms with Gasteiger partial charge in [-0.2, -0.15) is 0 Å². The molecule has 0 saturated heterocycles. The van der Waals surface area contributed by atoms with Gasteiger partial charge in [0.15, 0.2) is 4.90 Å². The minimum Gasteiger partial charge on any atom is -0.398 e. The molecule has 12 heteroatoms. The molecule has 0 unspecified atom stereocenters. The first-order valence-corrected chi connectivity index (χ1v) is 10.6. The van der Waals surface area contributed by atoms with Crippen LogP contribution in [0, 0.1) is 10.1 Å². The van der Waals surface area contributed by atoms with Crippen molar-refractivity contribution >= 4 is 31.4 Å². The summed E-state index contributed by atoms with van der Waals surface area (Å²) in [5.74, 6) is 0. The highest BCUT2D eigenvalue weighted by Gasteiger charge is 2.26. The average Bonchev–Trinajstić information content (AvgIpc) is 2.62. The number of nitro benzene ring substituents is 1. The molecule has 0 aliphatic carbocycles. The number of nitrogens with zero attached hydrogens (tertiary/aromatic N) is 3. The van der Waals surface area contributed by atoms with E-state index in [1.807, 2.05) is 0 Å². The Kier molecular flexibility index (Phi) is 9.40. The van der Waals surface area contributed by atoms with E-state index in [1.165, 1.54) is 52.5 Å². The van der Waals surface area contributed by atoms with Gasteiger partial charge in [0, 0.05) is 34.3 Å². The molecule has 2 aromatic carbocycles. The summed E-state index contributed by atoms with van der Waals surface area (Å²) in [7, 11) is -1.56. The summed E-state index contributed by atoms with van der Waals surface area (Å²) < 4.78 is 48.6. The third-order valence-corrected chi connectivity index (χ3v) is 7.25. The van der Waals surface area contributed by atoms with Gasteiger partial charge in [-0.15, -0.1) is 0 Å². The van der Waals surface area contributed by atoms with Gasteiger partial charge in [0.05, 0.1) is 10.6 Å². The molecule has 0 aromatic heterocycles. The van der Waals surface area contributed by atoms with Crippen LogP contribution in [0.1, 0.15) is 7.43 Å². The van der Waals surface area contributed by atoms with E-state index in [0.29, 0.717) is 0 Å². The predicted octanol–water partition coefficient (Wildman–Crippen LogP) is 2.00. The lowest BCUT2D eigenvalue weighted by Gasteiger charge is -2.12. The summed E-state index contributed by atoms with van der Waals surface area (Å²) in [5.41, 5.74) is 5.40. The van der Waals surface area contributed by atoms with Gasteiger partial charge < -0.3 is 5.73 Å². The minimum atomic E-state index is -3.76. The first-order valence-electron chi connectivity index (χ1n) is 7.76. The fourth-order valence-electron chi connectivity index (χ4n) is 1.93. The Hall–Kier alpha value is -2.54. The molecule has 0 aliphatic heterocycles. The standard InChI is InChI=1S/C8H10N2O4S.C8H12N2O2S.CH4/c1-9(2)15(13,14)8-6-4-3-5-7(8)10(11)12;1-10(2)13(11,12)8-6-4-3-5-7(8)9;/h3-6H,1-2H3;3-6H,9H2,1-2H3;1H4. The third kappa shape index (κ3) is 6.22. The molecular weight excluding hydrogens is 420 g/mol. The van der Waals surface area contributed by atoms with Crippen molar-refractivity contribution in [2.24, 2.45) is 0 Å². The van der Waals surface area contributed by atoms with E-state index in [-0.39, 0.29) is 22.9 Å². The van der Waals surface area contributed by atoms with Crippen LogP contribution < -0.4 is 5.73 Å². The smallest absolute Gasteiger partial charge is 0.289 e. The van der Waals surface area contributed by atoms with E-state index in [0.717, 1.165) is 14.7 Å². The molecule has 10 nitrogen and oxygen atoms in total. The lowest BCUT2D eigenvalue weighted by atomic mass is 10.3. The highest BCUT2D eigenvalue weighted by Crippen LogP contribution is 2.24. The number of anilines is 1. The van der Waals surface area contributed by atoms with E-state index in [2.05, 4.69) is 0 Å². The van der Waals surface area contributed by atoms with Crippen molar-refractivity contribution in [2.75, 3.05) is 33.9 Å². The average molecular weight is 447 g/mol. The summed E-state index contributed by atoms with van der Waals surface area (Å²) in [5, 5.41) is 10.6. The van der Waals surface area contributed by atoms with E-state index in [9.17, 15) is 26.9 Å². The Morgan fingerprint density at radius 3 is 1.59 bits per heavy atom. The maximum atomic E-state index is 11.7. The van der Waals surface area contributed by atoms with Crippen molar-refractivity contribution in [1.82, 2.24) is 8.61 Å². The normalized spacial score (nSPS) is 11.4. The number of rotatable bonds is 5. The second-order valence-corrected chi connectivity index (χ2v) is 10.1. The van der Waals surface area contributed by atoms with Gasteiger partial charge in [-0.25, -0.2) is 25.4 Å². The molecule has 0 amide bonds. The molecule has 0 fully saturated rings. The third-order valence-electron chi connectivity index (χ3n) is 3.50. The van der Waals surface area contributed by atoms with Crippen LogP contribution in [0.3, 0.4) is 0 Å². The second-order valence-electron chi connectivity index (χ2n) is 5.84. The minimum absolute atomic E-state index is 0. The summed E-state index contributed by atoms with van der Waals surface area (Å²) in [4.78, 5) is 9.76. The summed E-state index contributed by atoms with van der Waals surface area (Å²) >= 11 is 0. The predicted molar refractivity (Wildman–Crippen MR) is 112 cm³/mol. The van der Waals surface area contributed by atoms with Crippen LogP contribution in [0.15, 0.2) is 58.3 Å². The molecule has 0 aliphatic rings. The number of hydrogen-bond donors (Lipinski definition) is 1. The van der Waals surface area contributed by atoms with Crippen molar-refractivity contribution in [3.05, 3.63) is 58.6 Å². The van der Waals surface area contributed by atoms with Crippen molar-refractivity contribution in [3.63, 3.8) is 0 Å². The van der Waals surface area contributed by atoms with E-state index in [4.69, 9.17) is 5.73 Å². The largest absolute Gasteiger partial charge is 0.398 e. The SMILES string of the molecule is C.CN(C)S(=O)(=O)c1ccccc1N.CN(C)S(=O)(=O)c1ccccc1[N+](=O)[O-]. The lowest BCUT2D eigenvalue weighted by Crippen LogP contribution is -2.23. The van der Waals surface area contributed by atoms with Crippen LogP contribution >= 0.6 is 0 Å². The zero-order valence-corrected chi connectivity index (χ0v) is 17.4. The van der Waals surface area contributed by atoms with Crippen LogP contribution in [-0.4, -0.2) is 58.6 Å². The summed E-state index contributed by atoms with van der Waals surface area (Å²) in [6.45, 7) is 0. The molecule has 0 heterocycles. The summed E-state index contributed by atoms with van der Waals surface area (Å²) in [6, 6.07) is 11.7. The Balaban J connectivity index is 0.000000527. The van der Waals surface area contributed by atoms with Crippen LogP contribution in [0.4, 0.5) is 11.4 Å². The van der Waals surface area contributed by atoms with E-state index < -0.39 is 30.7 Å². The molecule has 0 bridgehead atoms. The quantitative estimate of drug-likeness (QED) is 0.420. The van der Waals surface area contributed by atoms with Gasteiger partial charge in [-0.05, 0) is 18.2 Å². The van der Waals surface area contributed by atoms with Crippen molar-refractivity contribution < 1.29 is 21.8 Å². The number of nitro groups is 1. The highest BCUT2D eigenvalue weighted by molar-refractivity contribution is 7.89. The number of benzene rings is 2. The van der Waals surface area contributed by atoms with E-state index >= 15 is 0 Å². The number of nitrogen functional groups attached to an aromatic ring is 1. The van der Waals surface area contributed by atoms with Gasteiger partial charge in [-0.1, -0.05) is 31.7 Å². The molecule has 2 rings (SSSR count). The Labute approximate surface area is 171 Å². The summed E-state index contributed by atoms with van der Waals surface area (Å²) in [6.07, 6.45) is 0. The zero-order chi connectivity index (χ0) is 21.7. The molecule has 2 aromatic rings. The first-order chi connectivity index (χ1) is 12.8. The van der Waals surface area contributed by atoms with Crippen molar-refractivity contribution in [2.45, 2.75) is 17.2 Å². The van der Waals surface area contributed by atoms with Crippen LogP contribution in [-0.2, 0) is 20.0 Å². The fourth-order valence-corrected chi connectivity index (χ4v) is 4.00. The molecular formula is C17H26N4O6S2. The number of sulfonamides is 2. The number of para-hydroxylation sites is 2. The van der Waals surface area contributed by atoms with E-state index in [1.54, 1.807) is 18.2 Å². The molecule has 0 atom stereocenters. The molecule has 29 heavy (non-hydrogen) atoms. The Bertz CT molecular complexity index is 1050. The Morgan fingerprint density at radius 1 is 0.793 bits per heavy atom. The maximum absolute atomic E-state index is 11.7. The van der Waals surface area contributed by atoms with Gasteiger partial charge in [-0.3, -0.25) is 10.1 Å². The van der Waals surface area contributed by atoms with Crippen molar-refractivity contribution in [1.29, 1.82) is 0 Å². The first kappa shape index (κ1) is 26.5. The fraction of sp³-hybridized carbons (Fsp3) is 0.294. The monoisotopic (exact) mass is 446 g/mol. The second kappa shape index (κ2) is 10.3. The topological polar surface area (TPSA) is 144 Å². The van der Waals surface area contributed by atoms with Crippen molar-refractivity contribution in [3.8, 4) is 0 Å². The Morgan fingerprint density at radius 2 is 1.17 bits per heavy atom. The van der Waals surface area contributed by atoms with Gasteiger partial charge in [0.1, 0.15) is 4.90 Å². The molecule has 162 valence electrons. The molecule has 2 N–H and O–H groups in total. The van der Waals surface area contributed by atoms with Crippen LogP contribution in [0.25, 0.3) is 0 Å². The van der Waals surface area contributed by atoms with Gasteiger partial charge in [0.2, 0.25) is 20.0 Å². The molecule has 0 spiro atoms. The van der Waals surface area contributed by atoms with Crippen LogP contribution in [0.5, 0.6) is 0 Å². The molecule has 0 saturated carbocycles. The van der Waals surface area contributed by atoms with Crippen LogP contribution in [0.2, 0.25) is 0 Å². The highest BCUT2D eigenvalue weighted by atomic mass is 32.2. The number of nitrogens with two attached hydrogens (primary N) is 1. The lowest BCUT2D eigenvalue weighted by molar-refractivity contribution is -0.387. The van der Waals surface area contributed by atoms with Gasteiger partial charge >= 0.3 is 0 Å². The molecule has 0 radical (unpaired) electrons. The number of hydrogen-bond acceptors (Lipinski definition) is 7. The zero-order valence-electron chi connectivity index (χ0n) is 15.8.